The number of ether oxygens (including phenoxy) is 1. The lowest BCUT2D eigenvalue weighted by Gasteiger charge is -2.40. The standard InChI is InChI=1S/C25H25ClFN5O3S/c1-16-14-31(10-11-32(16)24(34)17-4-3-5-20(12-17)35-2)22-13-21(26)29-25(30-22)36-15-23(33)28-19-8-6-18(27)7-9-19/h3-9,12-13,16H,10-11,14-15H2,1-2H3,(H,28,33). The molecule has 1 fully saturated rings. The van der Waals surface area contributed by atoms with Gasteiger partial charge in [-0.2, -0.15) is 0 Å². The highest BCUT2D eigenvalue weighted by Gasteiger charge is 2.29. The van der Waals surface area contributed by atoms with Crippen LogP contribution in [0.15, 0.2) is 59.8 Å². The maximum absolute atomic E-state index is 13.1. The molecule has 188 valence electrons. The number of piperazine rings is 1. The van der Waals surface area contributed by atoms with Crippen molar-refractivity contribution in [2.75, 3.05) is 42.7 Å². The zero-order chi connectivity index (χ0) is 25.7. The molecule has 4 rings (SSSR count). The summed E-state index contributed by atoms with van der Waals surface area (Å²) >= 11 is 7.40. The number of hydrogen-bond donors (Lipinski definition) is 1. The fourth-order valence-electron chi connectivity index (χ4n) is 3.86. The number of carbonyl (C=O) groups excluding carboxylic acids is 2. The maximum atomic E-state index is 13.1. The summed E-state index contributed by atoms with van der Waals surface area (Å²) in [7, 11) is 1.57. The molecule has 1 N–H and O–H groups in total. The minimum absolute atomic E-state index is 0.0508. The first-order valence-corrected chi connectivity index (χ1v) is 12.6. The van der Waals surface area contributed by atoms with E-state index in [0.717, 1.165) is 11.8 Å². The first-order chi connectivity index (χ1) is 17.3. The minimum Gasteiger partial charge on any atom is -0.497 e. The number of halogens is 2. The second kappa shape index (κ2) is 11.6. The van der Waals surface area contributed by atoms with E-state index < -0.39 is 0 Å². The molecule has 8 nitrogen and oxygen atoms in total. The third-order valence-corrected chi connectivity index (χ3v) is 6.69. The van der Waals surface area contributed by atoms with Gasteiger partial charge in [-0.3, -0.25) is 9.59 Å². The molecule has 2 heterocycles. The van der Waals surface area contributed by atoms with Crippen molar-refractivity contribution in [3.05, 3.63) is 71.1 Å². The highest BCUT2D eigenvalue weighted by Crippen LogP contribution is 2.25. The fourth-order valence-corrected chi connectivity index (χ4v) is 4.74. The molecule has 0 radical (unpaired) electrons. The molecule has 0 bridgehead atoms. The summed E-state index contributed by atoms with van der Waals surface area (Å²) in [5.74, 6) is 0.647. The molecule has 36 heavy (non-hydrogen) atoms. The van der Waals surface area contributed by atoms with Gasteiger partial charge < -0.3 is 19.9 Å². The molecule has 2 amide bonds. The Balaban J connectivity index is 1.37. The Hall–Kier alpha value is -3.37. The summed E-state index contributed by atoms with van der Waals surface area (Å²) in [4.78, 5) is 38.0. The number of anilines is 2. The van der Waals surface area contributed by atoms with Crippen LogP contribution in [0.5, 0.6) is 5.75 Å². The molecule has 1 aliphatic heterocycles. The number of hydrogen-bond acceptors (Lipinski definition) is 7. The topological polar surface area (TPSA) is 87.7 Å². The van der Waals surface area contributed by atoms with Gasteiger partial charge in [-0.15, -0.1) is 0 Å². The Morgan fingerprint density at radius 2 is 1.94 bits per heavy atom. The van der Waals surface area contributed by atoms with Gasteiger partial charge in [0.05, 0.1) is 12.9 Å². The Morgan fingerprint density at radius 3 is 2.67 bits per heavy atom. The lowest BCUT2D eigenvalue weighted by Crippen LogP contribution is -2.54. The predicted molar refractivity (Wildman–Crippen MR) is 139 cm³/mol. The number of benzene rings is 2. The molecule has 11 heteroatoms. The second-order valence-corrected chi connectivity index (χ2v) is 9.53. The summed E-state index contributed by atoms with van der Waals surface area (Å²) in [5, 5.41) is 3.34. The van der Waals surface area contributed by atoms with E-state index in [1.165, 1.54) is 24.3 Å². The average molecular weight is 530 g/mol. The van der Waals surface area contributed by atoms with E-state index >= 15 is 0 Å². The van der Waals surface area contributed by atoms with Crippen molar-refractivity contribution in [2.45, 2.75) is 18.1 Å². The van der Waals surface area contributed by atoms with E-state index in [0.29, 0.717) is 47.6 Å². The summed E-state index contributed by atoms with van der Waals surface area (Å²) < 4.78 is 18.3. The highest BCUT2D eigenvalue weighted by molar-refractivity contribution is 7.99. The number of carbonyl (C=O) groups is 2. The van der Waals surface area contributed by atoms with Gasteiger partial charge in [0.25, 0.3) is 5.91 Å². The maximum Gasteiger partial charge on any atom is 0.254 e. The number of rotatable bonds is 7. The van der Waals surface area contributed by atoms with Gasteiger partial charge >= 0.3 is 0 Å². The van der Waals surface area contributed by atoms with Crippen LogP contribution in [0.3, 0.4) is 0 Å². The first-order valence-electron chi connectivity index (χ1n) is 11.2. The number of thioether (sulfide) groups is 1. The zero-order valence-corrected chi connectivity index (χ0v) is 21.4. The minimum atomic E-state index is -0.373. The zero-order valence-electron chi connectivity index (χ0n) is 19.8. The fraction of sp³-hybridized carbons (Fsp3) is 0.280. The molecule has 1 atom stereocenters. The van der Waals surface area contributed by atoms with Crippen LogP contribution < -0.4 is 15.0 Å². The molecule has 1 saturated heterocycles. The summed E-state index contributed by atoms with van der Waals surface area (Å²) in [5.41, 5.74) is 1.09. The molecule has 0 saturated carbocycles. The van der Waals surface area contributed by atoms with Crippen molar-refractivity contribution in [2.24, 2.45) is 0 Å². The van der Waals surface area contributed by atoms with Gasteiger partial charge in [0.2, 0.25) is 5.91 Å². The van der Waals surface area contributed by atoms with Crippen LogP contribution in [0.25, 0.3) is 0 Å². The van der Waals surface area contributed by atoms with Crippen molar-refractivity contribution in [3.8, 4) is 5.75 Å². The van der Waals surface area contributed by atoms with Gasteiger partial charge in [-0.25, -0.2) is 14.4 Å². The predicted octanol–water partition coefficient (Wildman–Crippen LogP) is 4.36. The van der Waals surface area contributed by atoms with Gasteiger partial charge in [0.1, 0.15) is 22.5 Å². The molecule has 0 spiro atoms. The van der Waals surface area contributed by atoms with Crippen molar-refractivity contribution < 1.29 is 18.7 Å². The Bertz CT molecular complexity index is 1250. The molecule has 1 unspecified atom stereocenters. The highest BCUT2D eigenvalue weighted by atomic mass is 35.5. The van der Waals surface area contributed by atoms with Crippen LogP contribution in [0.4, 0.5) is 15.9 Å². The summed E-state index contributed by atoms with van der Waals surface area (Å²) in [6.45, 7) is 3.64. The Kier molecular flexibility index (Phi) is 8.27. The smallest absolute Gasteiger partial charge is 0.254 e. The van der Waals surface area contributed by atoms with E-state index in [1.807, 2.05) is 11.8 Å². The summed E-state index contributed by atoms with van der Waals surface area (Å²) in [6, 6.07) is 14.3. The van der Waals surface area contributed by atoms with E-state index in [-0.39, 0.29) is 34.6 Å². The van der Waals surface area contributed by atoms with Gasteiger partial charge in [0.15, 0.2) is 5.16 Å². The third kappa shape index (κ3) is 6.44. The molecular weight excluding hydrogens is 505 g/mol. The molecule has 1 aromatic heterocycles. The van der Waals surface area contributed by atoms with Crippen molar-refractivity contribution in [1.82, 2.24) is 14.9 Å². The van der Waals surface area contributed by atoms with Crippen LogP contribution in [-0.4, -0.2) is 65.2 Å². The van der Waals surface area contributed by atoms with Crippen molar-refractivity contribution in [1.29, 1.82) is 0 Å². The van der Waals surface area contributed by atoms with Crippen LogP contribution in [-0.2, 0) is 4.79 Å². The van der Waals surface area contributed by atoms with Crippen LogP contribution in [0.1, 0.15) is 17.3 Å². The molecule has 2 aromatic carbocycles. The van der Waals surface area contributed by atoms with Gasteiger partial charge in [0, 0.05) is 43.0 Å². The van der Waals surface area contributed by atoms with E-state index in [1.54, 1.807) is 37.4 Å². The number of methoxy groups -OCH3 is 1. The van der Waals surface area contributed by atoms with E-state index in [9.17, 15) is 14.0 Å². The van der Waals surface area contributed by atoms with E-state index in [2.05, 4.69) is 20.2 Å². The van der Waals surface area contributed by atoms with Crippen molar-refractivity contribution >= 4 is 46.7 Å². The lowest BCUT2D eigenvalue weighted by atomic mass is 10.1. The van der Waals surface area contributed by atoms with Crippen LogP contribution in [0.2, 0.25) is 5.15 Å². The SMILES string of the molecule is COc1cccc(C(=O)N2CCN(c3cc(Cl)nc(SCC(=O)Nc4ccc(F)cc4)n3)CC2C)c1. The molecule has 0 aliphatic carbocycles. The van der Waals surface area contributed by atoms with E-state index in [4.69, 9.17) is 16.3 Å². The first kappa shape index (κ1) is 25.7. The lowest BCUT2D eigenvalue weighted by molar-refractivity contribution is -0.113. The normalized spacial score (nSPS) is 15.5. The molecule has 3 aromatic rings. The Morgan fingerprint density at radius 1 is 1.17 bits per heavy atom. The molecule has 1 aliphatic rings. The number of amides is 2. The van der Waals surface area contributed by atoms with Gasteiger partial charge in [-0.1, -0.05) is 29.4 Å². The largest absolute Gasteiger partial charge is 0.497 e. The van der Waals surface area contributed by atoms with Crippen molar-refractivity contribution in [3.63, 3.8) is 0 Å². The van der Waals surface area contributed by atoms with Crippen LogP contribution in [0, 0.1) is 5.82 Å². The number of nitrogens with one attached hydrogen (secondary N) is 1. The molecular formula is C25H25ClFN5O3S. The number of nitrogens with zero attached hydrogens (tertiary/aromatic N) is 4. The average Bonchev–Trinajstić information content (AvgIpc) is 2.88. The van der Waals surface area contributed by atoms with Crippen LogP contribution >= 0.6 is 23.4 Å². The summed E-state index contributed by atoms with van der Waals surface area (Å²) in [6.07, 6.45) is 0. The quantitative estimate of drug-likeness (QED) is 0.276. The Labute approximate surface area is 217 Å². The third-order valence-electron chi connectivity index (χ3n) is 5.65. The van der Waals surface area contributed by atoms with Gasteiger partial charge in [-0.05, 0) is 49.4 Å². The number of aromatic nitrogens is 2. The monoisotopic (exact) mass is 529 g/mol. The second-order valence-electron chi connectivity index (χ2n) is 8.20.